The Morgan fingerprint density at radius 1 is 1.20 bits per heavy atom. The number of carbonyl (C=O) groups excluding carboxylic acids is 2. The van der Waals surface area contributed by atoms with Crippen LogP contribution in [0.25, 0.3) is 0 Å². The van der Waals surface area contributed by atoms with Crippen LogP contribution in [0, 0.1) is 12.8 Å². The summed E-state index contributed by atoms with van der Waals surface area (Å²) >= 11 is 0. The first-order valence-electron chi connectivity index (χ1n) is 8.48. The molecule has 1 aliphatic rings. The second-order valence-corrected chi connectivity index (χ2v) is 6.48. The summed E-state index contributed by atoms with van der Waals surface area (Å²) in [5.41, 5.74) is 1.44. The molecule has 2 atom stereocenters. The van der Waals surface area contributed by atoms with Crippen molar-refractivity contribution in [3.8, 4) is 0 Å². The molecule has 1 saturated carbocycles. The molecule has 138 valence electrons. The molecule has 0 aliphatic heterocycles. The van der Waals surface area contributed by atoms with E-state index in [1.165, 1.54) is 0 Å². The van der Waals surface area contributed by atoms with Crippen LogP contribution in [0.2, 0.25) is 0 Å². The number of hydrogen-bond donors (Lipinski definition) is 2. The minimum Gasteiger partial charge on any atom is -0.353 e. The Labute approximate surface area is 145 Å². The second-order valence-electron chi connectivity index (χ2n) is 6.48. The van der Waals surface area contributed by atoms with Gasteiger partial charge in [0, 0.05) is 24.6 Å². The highest BCUT2D eigenvalue weighted by molar-refractivity contribution is 5.94. The summed E-state index contributed by atoms with van der Waals surface area (Å²) in [7, 11) is 0. The average molecular weight is 356 g/mol. The van der Waals surface area contributed by atoms with Crippen molar-refractivity contribution in [2.24, 2.45) is 5.92 Å². The number of amides is 2. The molecule has 0 bridgehead atoms. The molecule has 2 amide bonds. The van der Waals surface area contributed by atoms with Gasteiger partial charge in [-0.1, -0.05) is 30.5 Å². The molecule has 0 radical (unpaired) electrons. The minimum absolute atomic E-state index is 0.0430. The molecule has 0 unspecified atom stereocenters. The molecule has 25 heavy (non-hydrogen) atoms. The maximum Gasteiger partial charge on any atom is 0.393 e. The van der Waals surface area contributed by atoms with E-state index < -0.39 is 24.0 Å². The van der Waals surface area contributed by atoms with Crippen molar-refractivity contribution < 1.29 is 22.8 Å². The van der Waals surface area contributed by atoms with Crippen molar-refractivity contribution in [3.63, 3.8) is 0 Å². The standard InChI is InChI=1S/C18H23F3N2O2/c1-12-5-4-6-13(11-12)17(25)22-10-9-16(24)23-15-8-3-2-7-14(15)18(19,20)21/h4-6,11,14-15H,2-3,7-10H2,1H3,(H,22,25)(H,23,24)/t14-,15+/m1/s1. The van der Waals surface area contributed by atoms with E-state index in [0.717, 1.165) is 5.56 Å². The van der Waals surface area contributed by atoms with Crippen LogP contribution in [-0.2, 0) is 4.79 Å². The van der Waals surface area contributed by atoms with Crippen molar-refractivity contribution in [2.45, 2.75) is 51.2 Å². The highest BCUT2D eigenvalue weighted by atomic mass is 19.4. The molecule has 7 heteroatoms. The second kappa shape index (κ2) is 8.36. The highest BCUT2D eigenvalue weighted by Crippen LogP contribution is 2.37. The maximum atomic E-state index is 13.0. The van der Waals surface area contributed by atoms with Gasteiger partial charge in [-0.25, -0.2) is 0 Å². The summed E-state index contributed by atoms with van der Waals surface area (Å²) in [6.45, 7) is 1.95. The molecule has 0 spiro atoms. The first kappa shape index (κ1) is 19.3. The summed E-state index contributed by atoms with van der Waals surface area (Å²) in [6.07, 6.45) is -2.73. The zero-order valence-electron chi connectivity index (χ0n) is 14.2. The lowest BCUT2D eigenvalue weighted by Crippen LogP contribution is -2.48. The Balaban J connectivity index is 1.79. The Kier molecular flexibility index (Phi) is 6.45. The lowest BCUT2D eigenvalue weighted by Gasteiger charge is -2.33. The van der Waals surface area contributed by atoms with Gasteiger partial charge in [0.15, 0.2) is 0 Å². The van der Waals surface area contributed by atoms with E-state index >= 15 is 0 Å². The first-order chi connectivity index (χ1) is 11.8. The molecule has 1 aliphatic carbocycles. The van der Waals surface area contributed by atoms with Gasteiger partial charge in [0.1, 0.15) is 0 Å². The van der Waals surface area contributed by atoms with Crippen molar-refractivity contribution in [3.05, 3.63) is 35.4 Å². The monoisotopic (exact) mass is 356 g/mol. The van der Waals surface area contributed by atoms with E-state index in [1.807, 2.05) is 13.0 Å². The van der Waals surface area contributed by atoms with Gasteiger partial charge >= 0.3 is 6.18 Å². The number of halogens is 3. The van der Waals surface area contributed by atoms with Gasteiger partial charge in [0.2, 0.25) is 5.91 Å². The molecule has 2 N–H and O–H groups in total. The number of rotatable bonds is 5. The Morgan fingerprint density at radius 2 is 1.92 bits per heavy atom. The van der Waals surface area contributed by atoms with Gasteiger partial charge in [-0.15, -0.1) is 0 Å². The highest BCUT2D eigenvalue weighted by Gasteiger charge is 2.45. The van der Waals surface area contributed by atoms with E-state index in [0.29, 0.717) is 24.8 Å². The van der Waals surface area contributed by atoms with E-state index in [9.17, 15) is 22.8 Å². The van der Waals surface area contributed by atoms with Crippen LogP contribution in [0.15, 0.2) is 24.3 Å². The van der Waals surface area contributed by atoms with Crippen LogP contribution in [0.5, 0.6) is 0 Å². The van der Waals surface area contributed by atoms with Crippen LogP contribution >= 0.6 is 0 Å². The van der Waals surface area contributed by atoms with Crippen LogP contribution < -0.4 is 10.6 Å². The third-order valence-corrected chi connectivity index (χ3v) is 4.45. The smallest absolute Gasteiger partial charge is 0.353 e. The summed E-state index contributed by atoms with van der Waals surface area (Å²) < 4.78 is 39.0. The van der Waals surface area contributed by atoms with Gasteiger partial charge in [-0.05, 0) is 31.9 Å². The number of aryl methyl sites for hydroxylation is 1. The molecule has 0 heterocycles. The molecule has 1 aromatic rings. The fourth-order valence-electron chi connectivity index (χ4n) is 3.15. The fraction of sp³-hybridized carbons (Fsp3) is 0.556. The van der Waals surface area contributed by atoms with Gasteiger partial charge < -0.3 is 10.6 Å². The number of nitrogens with one attached hydrogen (secondary N) is 2. The number of alkyl halides is 3. The largest absolute Gasteiger partial charge is 0.393 e. The molecule has 0 aromatic heterocycles. The van der Waals surface area contributed by atoms with E-state index in [1.54, 1.807) is 18.2 Å². The lowest BCUT2D eigenvalue weighted by molar-refractivity contribution is -0.189. The molecule has 4 nitrogen and oxygen atoms in total. The third kappa shape index (κ3) is 5.76. The van der Waals surface area contributed by atoms with E-state index in [-0.39, 0.29) is 25.3 Å². The summed E-state index contributed by atoms with van der Waals surface area (Å²) in [4.78, 5) is 23.9. The number of benzene rings is 1. The summed E-state index contributed by atoms with van der Waals surface area (Å²) in [6, 6.07) is 6.15. The fourth-order valence-corrected chi connectivity index (χ4v) is 3.15. The summed E-state index contributed by atoms with van der Waals surface area (Å²) in [5.74, 6) is -2.25. The normalized spacial score (nSPS) is 20.8. The zero-order valence-corrected chi connectivity index (χ0v) is 14.2. The topological polar surface area (TPSA) is 58.2 Å². The van der Waals surface area contributed by atoms with Crippen molar-refractivity contribution in [1.82, 2.24) is 10.6 Å². The van der Waals surface area contributed by atoms with Crippen LogP contribution in [0.1, 0.15) is 48.0 Å². The van der Waals surface area contributed by atoms with Crippen molar-refractivity contribution >= 4 is 11.8 Å². The molecule has 1 aromatic carbocycles. The predicted octanol–water partition coefficient (Wildman–Crippen LogP) is 3.35. The van der Waals surface area contributed by atoms with Crippen LogP contribution in [0.3, 0.4) is 0 Å². The predicted molar refractivity (Wildman–Crippen MR) is 88.1 cm³/mol. The van der Waals surface area contributed by atoms with Gasteiger partial charge in [-0.2, -0.15) is 13.2 Å². The molecule has 2 rings (SSSR count). The van der Waals surface area contributed by atoms with Crippen LogP contribution in [-0.4, -0.2) is 30.6 Å². The summed E-state index contributed by atoms with van der Waals surface area (Å²) in [5, 5.41) is 5.10. The van der Waals surface area contributed by atoms with Gasteiger partial charge in [-0.3, -0.25) is 9.59 Å². The third-order valence-electron chi connectivity index (χ3n) is 4.45. The molecular formula is C18H23F3N2O2. The first-order valence-corrected chi connectivity index (χ1v) is 8.48. The van der Waals surface area contributed by atoms with Crippen molar-refractivity contribution in [2.75, 3.05) is 6.54 Å². The average Bonchev–Trinajstić information content (AvgIpc) is 2.54. The minimum atomic E-state index is -4.29. The van der Waals surface area contributed by atoms with Crippen molar-refractivity contribution in [1.29, 1.82) is 0 Å². The maximum absolute atomic E-state index is 13.0. The van der Waals surface area contributed by atoms with Gasteiger partial charge in [0.05, 0.1) is 5.92 Å². The Morgan fingerprint density at radius 3 is 2.60 bits per heavy atom. The Bertz CT molecular complexity index is 617. The molecular weight excluding hydrogens is 333 g/mol. The zero-order chi connectivity index (χ0) is 18.4. The lowest BCUT2D eigenvalue weighted by atomic mass is 9.84. The molecule has 1 fully saturated rings. The Hall–Kier alpha value is -2.05. The van der Waals surface area contributed by atoms with E-state index in [4.69, 9.17) is 0 Å². The number of carbonyl (C=O) groups is 2. The quantitative estimate of drug-likeness (QED) is 0.850. The van der Waals surface area contributed by atoms with Gasteiger partial charge in [0.25, 0.3) is 5.91 Å². The SMILES string of the molecule is Cc1cccc(C(=O)NCCC(=O)N[C@H]2CCCC[C@H]2C(F)(F)F)c1. The molecule has 0 saturated heterocycles. The number of hydrogen-bond acceptors (Lipinski definition) is 2. The van der Waals surface area contributed by atoms with Crippen LogP contribution in [0.4, 0.5) is 13.2 Å². The van der Waals surface area contributed by atoms with E-state index in [2.05, 4.69) is 10.6 Å².